The van der Waals surface area contributed by atoms with Gasteiger partial charge in [0.05, 0.1) is 6.54 Å². The van der Waals surface area contributed by atoms with Crippen LogP contribution in [0, 0.1) is 6.92 Å². The molecule has 9 heteroatoms. The molecule has 3 aromatic rings. The number of ether oxygens (including phenoxy) is 1. The second-order valence-electron chi connectivity index (χ2n) is 5.77. The van der Waals surface area contributed by atoms with Crippen LogP contribution in [0.1, 0.15) is 5.56 Å². The average Bonchev–Trinajstić information content (AvgIpc) is 3.19. The third-order valence-corrected chi connectivity index (χ3v) is 4.19. The van der Waals surface area contributed by atoms with E-state index in [9.17, 15) is 9.59 Å². The minimum atomic E-state index is -0.290. The fourth-order valence-electron chi connectivity index (χ4n) is 2.34. The van der Waals surface area contributed by atoms with E-state index in [4.69, 9.17) is 16.3 Å². The number of aromatic nitrogens is 4. The predicted octanol–water partition coefficient (Wildman–Crippen LogP) is 1.59. The number of hydrogen-bond donors (Lipinski definition) is 1. The number of benzene rings is 1. The molecule has 0 radical (unpaired) electrons. The number of carbonyl (C=O) groups excluding carboxylic acids is 1. The molecule has 0 aliphatic carbocycles. The SMILES string of the molecule is Cc1cc(OCC(=O)NCCn2nc(-n3ccnc3)ccc2=O)ccc1Cl. The molecule has 0 aliphatic heterocycles. The van der Waals surface area contributed by atoms with E-state index < -0.39 is 0 Å². The fraction of sp³-hybridized carbons (Fsp3) is 0.222. The maximum absolute atomic E-state index is 11.9. The van der Waals surface area contributed by atoms with Gasteiger partial charge >= 0.3 is 0 Å². The van der Waals surface area contributed by atoms with E-state index in [0.717, 1.165) is 5.56 Å². The highest BCUT2D eigenvalue weighted by molar-refractivity contribution is 6.31. The smallest absolute Gasteiger partial charge is 0.266 e. The van der Waals surface area contributed by atoms with Crippen LogP contribution < -0.4 is 15.6 Å². The van der Waals surface area contributed by atoms with Crippen LogP contribution in [0.25, 0.3) is 5.82 Å². The van der Waals surface area contributed by atoms with Crippen LogP contribution in [0.2, 0.25) is 5.02 Å². The summed E-state index contributed by atoms with van der Waals surface area (Å²) in [6.07, 6.45) is 4.95. The van der Waals surface area contributed by atoms with Crippen LogP contribution in [0.4, 0.5) is 0 Å². The Morgan fingerprint density at radius 1 is 1.30 bits per heavy atom. The Bertz CT molecular complexity index is 985. The molecule has 1 aromatic carbocycles. The molecule has 2 heterocycles. The van der Waals surface area contributed by atoms with Gasteiger partial charge in [-0.2, -0.15) is 5.10 Å². The molecular weight excluding hydrogens is 370 g/mol. The highest BCUT2D eigenvalue weighted by Crippen LogP contribution is 2.20. The first-order valence-corrected chi connectivity index (χ1v) is 8.63. The molecule has 8 nitrogen and oxygen atoms in total. The number of rotatable bonds is 7. The summed E-state index contributed by atoms with van der Waals surface area (Å²) in [6, 6.07) is 8.22. The molecular formula is C18H18ClN5O3. The standard InChI is InChI=1S/C18H18ClN5O3/c1-13-10-14(2-3-15(13)19)27-11-17(25)21-7-9-24-18(26)5-4-16(22-24)23-8-6-20-12-23/h2-6,8,10,12H,7,9,11H2,1H3,(H,21,25). The van der Waals surface area contributed by atoms with Gasteiger partial charge in [-0.05, 0) is 36.8 Å². The van der Waals surface area contributed by atoms with Crippen LogP contribution in [-0.2, 0) is 11.3 Å². The summed E-state index contributed by atoms with van der Waals surface area (Å²) in [7, 11) is 0. The summed E-state index contributed by atoms with van der Waals surface area (Å²) in [5, 5.41) is 7.60. The van der Waals surface area contributed by atoms with Crippen molar-refractivity contribution >= 4 is 17.5 Å². The van der Waals surface area contributed by atoms with Gasteiger partial charge in [0.25, 0.3) is 11.5 Å². The number of amides is 1. The molecule has 1 amide bonds. The average molecular weight is 388 g/mol. The van der Waals surface area contributed by atoms with Gasteiger partial charge in [-0.3, -0.25) is 14.2 Å². The molecule has 1 N–H and O–H groups in total. The normalized spacial score (nSPS) is 10.6. The van der Waals surface area contributed by atoms with Crippen LogP contribution in [0.15, 0.2) is 53.8 Å². The number of carbonyl (C=O) groups is 1. The quantitative estimate of drug-likeness (QED) is 0.664. The molecule has 0 saturated carbocycles. The Morgan fingerprint density at radius 2 is 2.15 bits per heavy atom. The molecule has 0 spiro atoms. The maximum Gasteiger partial charge on any atom is 0.266 e. The van der Waals surface area contributed by atoms with Crippen molar-refractivity contribution in [3.63, 3.8) is 0 Å². The Hall–Kier alpha value is -3.13. The number of imidazole rings is 1. The molecule has 0 saturated heterocycles. The lowest BCUT2D eigenvalue weighted by molar-refractivity contribution is -0.123. The zero-order valence-electron chi connectivity index (χ0n) is 14.6. The minimum absolute atomic E-state index is 0.127. The summed E-state index contributed by atoms with van der Waals surface area (Å²) in [4.78, 5) is 27.8. The third-order valence-electron chi connectivity index (χ3n) is 3.77. The summed E-state index contributed by atoms with van der Waals surface area (Å²) in [6.45, 7) is 2.23. The van der Waals surface area contributed by atoms with Crippen molar-refractivity contribution in [3.8, 4) is 11.6 Å². The number of nitrogens with one attached hydrogen (secondary N) is 1. The summed E-state index contributed by atoms with van der Waals surface area (Å²) < 4.78 is 8.41. The van der Waals surface area contributed by atoms with Gasteiger partial charge in [0.2, 0.25) is 0 Å². The highest BCUT2D eigenvalue weighted by atomic mass is 35.5. The molecule has 0 aliphatic rings. The van der Waals surface area contributed by atoms with E-state index in [2.05, 4.69) is 15.4 Å². The largest absolute Gasteiger partial charge is 0.484 e. The van der Waals surface area contributed by atoms with Gasteiger partial charge in [-0.25, -0.2) is 9.67 Å². The van der Waals surface area contributed by atoms with Gasteiger partial charge < -0.3 is 10.1 Å². The van der Waals surface area contributed by atoms with Crippen molar-refractivity contribution in [2.24, 2.45) is 0 Å². The molecule has 3 rings (SSSR count). The monoisotopic (exact) mass is 387 g/mol. The van der Waals surface area contributed by atoms with E-state index in [1.54, 1.807) is 47.6 Å². The number of aryl methyl sites for hydroxylation is 1. The van der Waals surface area contributed by atoms with E-state index in [1.165, 1.54) is 10.7 Å². The van der Waals surface area contributed by atoms with E-state index in [1.807, 2.05) is 6.92 Å². The maximum atomic E-state index is 11.9. The number of nitrogens with zero attached hydrogens (tertiary/aromatic N) is 4. The molecule has 140 valence electrons. The Balaban J connectivity index is 1.50. The fourth-order valence-corrected chi connectivity index (χ4v) is 2.46. The zero-order valence-corrected chi connectivity index (χ0v) is 15.4. The lowest BCUT2D eigenvalue weighted by atomic mass is 10.2. The lowest BCUT2D eigenvalue weighted by Gasteiger charge is -2.10. The Morgan fingerprint density at radius 3 is 2.89 bits per heavy atom. The van der Waals surface area contributed by atoms with E-state index >= 15 is 0 Å². The lowest BCUT2D eigenvalue weighted by Crippen LogP contribution is -2.34. The molecule has 0 bridgehead atoms. The molecule has 2 aromatic heterocycles. The van der Waals surface area contributed by atoms with Crippen molar-refractivity contribution < 1.29 is 9.53 Å². The summed E-state index contributed by atoms with van der Waals surface area (Å²) in [5.74, 6) is 0.847. The minimum Gasteiger partial charge on any atom is -0.484 e. The predicted molar refractivity (Wildman–Crippen MR) is 100 cm³/mol. The topological polar surface area (TPSA) is 91.0 Å². The van der Waals surface area contributed by atoms with Gasteiger partial charge in [0, 0.05) is 30.0 Å². The van der Waals surface area contributed by atoms with Gasteiger partial charge in [0.15, 0.2) is 12.4 Å². The Kier molecular flexibility index (Phi) is 5.87. The van der Waals surface area contributed by atoms with Gasteiger partial charge in [-0.15, -0.1) is 0 Å². The van der Waals surface area contributed by atoms with Crippen LogP contribution >= 0.6 is 11.6 Å². The van der Waals surface area contributed by atoms with Crippen LogP contribution in [0.5, 0.6) is 5.75 Å². The molecule has 27 heavy (non-hydrogen) atoms. The summed E-state index contributed by atoms with van der Waals surface area (Å²) in [5.41, 5.74) is 0.624. The number of hydrogen-bond acceptors (Lipinski definition) is 5. The number of halogens is 1. The first-order valence-electron chi connectivity index (χ1n) is 8.25. The van der Waals surface area contributed by atoms with Gasteiger partial charge in [-0.1, -0.05) is 11.6 Å². The first kappa shape index (κ1) is 18.7. The molecule has 0 unspecified atom stereocenters. The summed E-state index contributed by atoms with van der Waals surface area (Å²) >= 11 is 5.95. The van der Waals surface area contributed by atoms with Crippen molar-refractivity contribution in [2.45, 2.75) is 13.5 Å². The van der Waals surface area contributed by atoms with Crippen molar-refractivity contribution in [3.05, 3.63) is 70.0 Å². The van der Waals surface area contributed by atoms with Crippen molar-refractivity contribution in [1.29, 1.82) is 0 Å². The molecule has 0 atom stereocenters. The second-order valence-corrected chi connectivity index (χ2v) is 6.18. The van der Waals surface area contributed by atoms with Crippen LogP contribution in [-0.4, -0.2) is 38.4 Å². The van der Waals surface area contributed by atoms with Crippen LogP contribution in [0.3, 0.4) is 0 Å². The Labute approximate surface area is 160 Å². The first-order chi connectivity index (χ1) is 13.0. The van der Waals surface area contributed by atoms with E-state index in [-0.39, 0.29) is 31.2 Å². The second kappa shape index (κ2) is 8.50. The van der Waals surface area contributed by atoms with Crippen molar-refractivity contribution in [1.82, 2.24) is 24.6 Å². The third kappa shape index (κ3) is 4.95. The van der Waals surface area contributed by atoms with Gasteiger partial charge in [0.1, 0.15) is 12.1 Å². The van der Waals surface area contributed by atoms with E-state index in [0.29, 0.717) is 16.6 Å². The van der Waals surface area contributed by atoms with Crippen molar-refractivity contribution in [2.75, 3.05) is 13.2 Å². The molecule has 0 fully saturated rings. The highest BCUT2D eigenvalue weighted by Gasteiger charge is 2.06. The zero-order chi connectivity index (χ0) is 19.2.